The number of aromatic amines is 1. The molecule has 0 saturated heterocycles. The minimum Gasteiger partial charge on any atom is -0.508 e. The summed E-state index contributed by atoms with van der Waals surface area (Å²) in [5.74, 6) is -0.332. The second-order valence-electron chi connectivity index (χ2n) is 7.21. The third-order valence-electron chi connectivity index (χ3n) is 5.79. The van der Waals surface area contributed by atoms with Crippen LogP contribution in [0.2, 0.25) is 0 Å². The number of aromatic hydroxyl groups is 1. The van der Waals surface area contributed by atoms with E-state index in [0.717, 1.165) is 46.9 Å². The topological polar surface area (TPSA) is 76.6 Å². The summed E-state index contributed by atoms with van der Waals surface area (Å²) in [6.45, 7) is 8.98. The van der Waals surface area contributed by atoms with Crippen LogP contribution in [0.4, 0.5) is 0 Å². The van der Waals surface area contributed by atoms with E-state index in [4.69, 9.17) is 0 Å². The second kappa shape index (κ2) is 8.05. The number of benzene rings is 2. The largest absolute Gasteiger partial charge is 0.508 e. The van der Waals surface area contributed by atoms with Crippen LogP contribution in [-0.4, -0.2) is 57.9 Å². The molecule has 4 rings (SSSR count). The van der Waals surface area contributed by atoms with Crippen molar-refractivity contribution in [1.29, 1.82) is 0 Å². The van der Waals surface area contributed by atoms with Crippen LogP contribution >= 0.6 is 12.4 Å². The van der Waals surface area contributed by atoms with Crippen LogP contribution in [0.25, 0.3) is 21.8 Å². The first-order valence-corrected chi connectivity index (χ1v) is 9.88. The van der Waals surface area contributed by atoms with Crippen LogP contribution in [0.3, 0.4) is 0 Å². The number of fused-ring (bicyclic) bond motifs is 5. The Balaban J connectivity index is 0.00000240. The Labute approximate surface area is 175 Å². The lowest BCUT2D eigenvalue weighted by Gasteiger charge is -2.21. The quantitative estimate of drug-likeness (QED) is 0.597. The van der Waals surface area contributed by atoms with Crippen LogP contribution < -0.4 is 0 Å². The van der Waals surface area contributed by atoms with E-state index in [1.807, 2.05) is 13.0 Å². The molecule has 1 aliphatic heterocycles. The van der Waals surface area contributed by atoms with Gasteiger partial charge in [-0.3, -0.25) is 14.5 Å². The molecule has 29 heavy (non-hydrogen) atoms. The van der Waals surface area contributed by atoms with Gasteiger partial charge in [-0.05, 0) is 49.3 Å². The van der Waals surface area contributed by atoms with E-state index < -0.39 is 0 Å². The number of phenolic OH excluding ortho intramolecular Hbond substituents is 1. The first-order chi connectivity index (χ1) is 13.5. The zero-order chi connectivity index (χ0) is 20.0. The molecule has 0 fully saturated rings. The third kappa shape index (κ3) is 3.26. The minimum absolute atomic E-state index is 0. The van der Waals surface area contributed by atoms with Gasteiger partial charge in [-0.15, -0.1) is 12.4 Å². The van der Waals surface area contributed by atoms with Gasteiger partial charge in [0.25, 0.3) is 11.8 Å². The maximum atomic E-state index is 13.2. The summed E-state index contributed by atoms with van der Waals surface area (Å²) in [6, 6.07) is 6.93. The van der Waals surface area contributed by atoms with Gasteiger partial charge in [0.05, 0.1) is 16.6 Å². The number of imide groups is 1. The van der Waals surface area contributed by atoms with E-state index in [1.165, 1.54) is 4.90 Å². The molecule has 6 nitrogen and oxygen atoms in total. The molecule has 0 aliphatic carbocycles. The summed E-state index contributed by atoms with van der Waals surface area (Å²) in [5, 5.41) is 11.5. The molecule has 0 atom stereocenters. The highest BCUT2D eigenvalue weighted by Gasteiger charge is 2.38. The average Bonchev–Trinajstić information content (AvgIpc) is 3.18. The van der Waals surface area contributed by atoms with E-state index in [1.54, 1.807) is 18.2 Å². The van der Waals surface area contributed by atoms with Gasteiger partial charge < -0.3 is 15.0 Å². The fourth-order valence-electron chi connectivity index (χ4n) is 4.16. The van der Waals surface area contributed by atoms with Crippen molar-refractivity contribution in [3.8, 4) is 5.75 Å². The number of carbonyl (C=O) groups excluding carboxylic acids is 2. The number of H-pyrrole nitrogens is 1. The summed E-state index contributed by atoms with van der Waals surface area (Å²) in [4.78, 5) is 33.2. The first-order valence-electron chi connectivity index (χ1n) is 9.88. The van der Waals surface area contributed by atoms with Gasteiger partial charge in [0.2, 0.25) is 0 Å². The fraction of sp³-hybridized carbons (Fsp3) is 0.364. The molecule has 0 radical (unpaired) electrons. The van der Waals surface area contributed by atoms with E-state index in [-0.39, 0.29) is 30.0 Å². The van der Waals surface area contributed by atoms with Gasteiger partial charge in [-0.1, -0.05) is 20.8 Å². The lowest BCUT2D eigenvalue weighted by Crippen LogP contribution is -2.38. The summed E-state index contributed by atoms with van der Waals surface area (Å²) in [7, 11) is 0. The number of phenols is 1. The third-order valence-corrected chi connectivity index (χ3v) is 5.79. The van der Waals surface area contributed by atoms with Crippen molar-refractivity contribution in [3.63, 3.8) is 0 Å². The number of likely N-dealkylation sites (N-methyl/N-ethyl adjacent to an activating group) is 1. The van der Waals surface area contributed by atoms with Gasteiger partial charge in [-0.25, -0.2) is 0 Å². The van der Waals surface area contributed by atoms with Crippen molar-refractivity contribution in [1.82, 2.24) is 14.8 Å². The first kappa shape index (κ1) is 21.1. The summed E-state index contributed by atoms with van der Waals surface area (Å²) in [6.07, 6.45) is 0.740. The molecule has 1 aromatic heterocycles. The molecule has 2 aromatic carbocycles. The zero-order valence-corrected chi connectivity index (χ0v) is 17.7. The summed E-state index contributed by atoms with van der Waals surface area (Å²) < 4.78 is 0. The van der Waals surface area contributed by atoms with Crippen molar-refractivity contribution in [2.75, 3.05) is 26.2 Å². The Kier molecular flexibility index (Phi) is 5.87. The van der Waals surface area contributed by atoms with Crippen LogP contribution in [0.15, 0.2) is 24.3 Å². The Hall–Kier alpha value is -2.57. The Morgan fingerprint density at radius 1 is 1.07 bits per heavy atom. The monoisotopic (exact) mass is 415 g/mol. The van der Waals surface area contributed by atoms with Crippen molar-refractivity contribution >= 4 is 46.0 Å². The van der Waals surface area contributed by atoms with Crippen LogP contribution in [0.1, 0.15) is 47.1 Å². The predicted octanol–water partition coefficient (Wildman–Crippen LogP) is 3.95. The van der Waals surface area contributed by atoms with Crippen LogP contribution in [-0.2, 0) is 6.42 Å². The van der Waals surface area contributed by atoms with E-state index in [9.17, 15) is 14.7 Å². The minimum atomic E-state index is -0.246. The number of carbonyl (C=O) groups is 2. The molecule has 0 unspecified atom stereocenters. The number of nitrogens with one attached hydrogen (secondary N) is 1. The summed E-state index contributed by atoms with van der Waals surface area (Å²) >= 11 is 0. The standard InChI is InChI=1S/C22H25N3O3.ClH/c1-4-13-11-16-19(18-15-12-14(26)7-8-17(15)23-20(13)18)22(28)25(21(16)27)10-9-24(5-2)6-3;/h7-8,11-12,23,26H,4-6,9-10H2,1-3H3;1H. The molecule has 0 saturated carbocycles. The Bertz CT molecular complexity index is 1100. The van der Waals surface area contributed by atoms with Gasteiger partial charge in [0, 0.05) is 29.4 Å². The smallest absolute Gasteiger partial charge is 0.262 e. The normalized spacial score (nSPS) is 13.6. The van der Waals surface area contributed by atoms with Crippen LogP contribution in [0.5, 0.6) is 5.75 Å². The summed E-state index contributed by atoms with van der Waals surface area (Å²) in [5.41, 5.74) is 3.63. The molecule has 2 N–H and O–H groups in total. The average molecular weight is 416 g/mol. The Morgan fingerprint density at radius 3 is 2.45 bits per heavy atom. The van der Waals surface area contributed by atoms with E-state index in [0.29, 0.717) is 24.2 Å². The molecular formula is C22H26ClN3O3. The van der Waals surface area contributed by atoms with Gasteiger partial charge in [0.15, 0.2) is 0 Å². The second-order valence-corrected chi connectivity index (χ2v) is 7.21. The van der Waals surface area contributed by atoms with Crippen molar-refractivity contribution in [3.05, 3.63) is 41.0 Å². The van der Waals surface area contributed by atoms with E-state index in [2.05, 4.69) is 23.7 Å². The number of hydrogen-bond acceptors (Lipinski definition) is 4. The van der Waals surface area contributed by atoms with Gasteiger partial charge in [-0.2, -0.15) is 0 Å². The molecule has 2 heterocycles. The molecule has 7 heteroatoms. The lowest BCUT2D eigenvalue weighted by molar-refractivity contribution is 0.0638. The number of aryl methyl sites for hydroxylation is 1. The maximum Gasteiger partial charge on any atom is 0.262 e. The number of aromatic nitrogens is 1. The van der Waals surface area contributed by atoms with Gasteiger partial charge in [0.1, 0.15) is 5.75 Å². The van der Waals surface area contributed by atoms with Crippen LogP contribution in [0, 0.1) is 0 Å². The highest BCUT2D eigenvalue weighted by Crippen LogP contribution is 2.38. The van der Waals surface area contributed by atoms with Crippen molar-refractivity contribution in [2.24, 2.45) is 0 Å². The van der Waals surface area contributed by atoms with Gasteiger partial charge >= 0.3 is 0 Å². The van der Waals surface area contributed by atoms with E-state index >= 15 is 0 Å². The zero-order valence-electron chi connectivity index (χ0n) is 16.9. The number of amides is 2. The number of nitrogens with zero attached hydrogens (tertiary/aromatic N) is 2. The molecule has 1 aliphatic rings. The van der Waals surface area contributed by atoms with Crippen molar-refractivity contribution < 1.29 is 14.7 Å². The highest BCUT2D eigenvalue weighted by molar-refractivity contribution is 6.30. The maximum absolute atomic E-state index is 13.2. The molecular weight excluding hydrogens is 390 g/mol. The molecule has 0 spiro atoms. The highest BCUT2D eigenvalue weighted by atomic mass is 35.5. The fourth-order valence-corrected chi connectivity index (χ4v) is 4.16. The molecule has 3 aromatic rings. The lowest BCUT2D eigenvalue weighted by atomic mass is 9.97. The SMILES string of the molecule is CCc1cc2c(c3c1[nH]c1ccc(O)cc13)C(=O)N(CCN(CC)CC)C2=O.Cl. The number of hydrogen-bond donors (Lipinski definition) is 2. The molecule has 0 bridgehead atoms. The predicted molar refractivity (Wildman–Crippen MR) is 117 cm³/mol. The molecule has 2 amide bonds. The Morgan fingerprint density at radius 2 is 1.79 bits per heavy atom. The van der Waals surface area contributed by atoms with Crippen molar-refractivity contribution in [2.45, 2.75) is 27.2 Å². The number of halogens is 1. The molecule has 154 valence electrons. The number of rotatable bonds is 6.